The highest BCUT2D eigenvalue weighted by Crippen LogP contribution is 2.60. The average Bonchev–Trinajstić information content (AvgIpc) is 2.77. The third kappa shape index (κ3) is 1.17. The van der Waals surface area contributed by atoms with Crippen molar-refractivity contribution < 1.29 is 4.42 Å². The first-order chi connectivity index (χ1) is 6.90. The Bertz CT molecular complexity index is 324. The Hall–Kier alpha value is -0.900. The zero-order valence-corrected chi connectivity index (χ0v) is 8.15. The molecule has 14 heavy (non-hydrogen) atoms. The van der Waals surface area contributed by atoms with Gasteiger partial charge in [-0.1, -0.05) is 12.8 Å². The summed E-state index contributed by atoms with van der Waals surface area (Å²) in [7, 11) is 0. The van der Waals surface area contributed by atoms with E-state index in [2.05, 4.69) is 10.2 Å². The highest BCUT2D eigenvalue weighted by molar-refractivity contribution is 5.13. The van der Waals surface area contributed by atoms with Crippen LogP contribution in [0.5, 0.6) is 0 Å². The Kier molecular flexibility index (Phi) is 1.83. The first-order valence-electron chi connectivity index (χ1n) is 5.42. The van der Waals surface area contributed by atoms with Crippen molar-refractivity contribution in [2.24, 2.45) is 17.6 Å². The molecule has 2 unspecified atom stereocenters. The SMILES string of the molecule is NCc1nnc(C2C3CCCCC32)o1. The fourth-order valence-corrected chi connectivity index (χ4v) is 2.84. The summed E-state index contributed by atoms with van der Waals surface area (Å²) in [6.45, 7) is 0.356. The lowest BCUT2D eigenvalue weighted by Crippen LogP contribution is -1.95. The van der Waals surface area contributed by atoms with E-state index in [1.165, 1.54) is 25.7 Å². The Morgan fingerprint density at radius 1 is 1.21 bits per heavy atom. The quantitative estimate of drug-likeness (QED) is 0.771. The first-order valence-corrected chi connectivity index (χ1v) is 5.42. The van der Waals surface area contributed by atoms with E-state index < -0.39 is 0 Å². The van der Waals surface area contributed by atoms with Gasteiger partial charge in [0.15, 0.2) is 0 Å². The molecule has 1 aromatic heterocycles. The number of aromatic nitrogens is 2. The Labute approximate surface area is 82.9 Å². The summed E-state index contributed by atoms with van der Waals surface area (Å²) in [6, 6.07) is 0. The standard InChI is InChI=1S/C10H15N3O/c11-5-8-12-13-10(14-8)9-6-3-1-2-4-7(6)9/h6-7,9H,1-5,11H2. The zero-order valence-electron chi connectivity index (χ0n) is 8.15. The monoisotopic (exact) mass is 193 g/mol. The van der Waals surface area contributed by atoms with Gasteiger partial charge in [-0.2, -0.15) is 0 Å². The fourth-order valence-electron chi connectivity index (χ4n) is 2.84. The number of hydrogen-bond acceptors (Lipinski definition) is 4. The van der Waals surface area contributed by atoms with Crippen LogP contribution in [0.2, 0.25) is 0 Å². The summed E-state index contributed by atoms with van der Waals surface area (Å²) in [6.07, 6.45) is 5.43. The van der Waals surface area contributed by atoms with E-state index in [9.17, 15) is 0 Å². The predicted octanol–water partition coefficient (Wildman–Crippen LogP) is 1.43. The Balaban J connectivity index is 1.77. The summed E-state index contributed by atoms with van der Waals surface area (Å²) in [5.74, 6) is 3.63. The van der Waals surface area contributed by atoms with Crippen LogP contribution >= 0.6 is 0 Å². The van der Waals surface area contributed by atoms with E-state index in [0.29, 0.717) is 18.4 Å². The molecule has 0 amide bonds. The fraction of sp³-hybridized carbons (Fsp3) is 0.800. The second-order valence-corrected chi connectivity index (χ2v) is 4.38. The molecule has 3 rings (SSSR count). The minimum absolute atomic E-state index is 0.356. The number of nitrogens with zero attached hydrogens (tertiary/aromatic N) is 2. The molecule has 0 bridgehead atoms. The van der Waals surface area contributed by atoms with Gasteiger partial charge in [0.25, 0.3) is 0 Å². The lowest BCUT2D eigenvalue weighted by molar-refractivity contribution is 0.443. The third-order valence-corrected chi connectivity index (χ3v) is 3.60. The van der Waals surface area contributed by atoms with Gasteiger partial charge in [0.1, 0.15) is 0 Å². The maximum absolute atomic E-state index is 5.50. The largest absolute Gasteiger partial charge is 0.424 e. The molecule has 2 aliphatic rings. The molecule has 0 radical (unpaired) electrons. The molecule has 0 aromatic carbocycles. The molecule has 1 aromatic rings. The summed E-state index contributed by atoms with van der Waals surface area (Å²) >= 11 is 0. The van der Waals surface area contributed by atoms with Crippen LogP contribution < -0.4 is 5.73 Å². The van der Waals surface area contributed by atoms with E-state index in [0.717, 1.165) is 17.7 Å². The van der Waals surface area contributed by atoms with Gasteiger partial charge in [0, 0.05) is 5.92 Å². The lowest BCUT2D eigenvalue weighted by Gasteiger charge is -2.04. The van der Waals surface area contributed by atoms with Crippen LogP contribution in [-0.2, 0) is 6.54 Å². The third-order valence-electron chi connectivity index (χ3n) is 3.60. The molecule has 4 heteroatoms. The van der Waals surface area contributed by atoms with Gasteiger partial charge in [-0.15, -0.1) is 10.2 Å². The van der Waals surface area contributed by atoms with Crippen molar-refractivity contribution >= 4 is 0 Å². The molecular formula is C10H15N3O. The normalized spacial score (nSPS) is 35.4. The molecule has 76 valence electrons. The molecular weight excluding hydrogens is 178 g/mol. The summed E-state index contributed by atoms with van der Waals surface area (Å²) in [5.41, 5.74) is 5.43. The van der Waals surface area contributed by atoms with E-state index in [1.807, 2.05) is 0 Å². The van der Waals surface area contributed by atoms with Gasteiger partial charge in [-0.3, -0.25) is 0 Å². The van der Waals surface area contributed by atoms with Crippen molar-refractivity contribution in [2.45, 2.75) is 38.1 Å². The number of nitrogens with two attached hydrogens (primary N) is 1. The lowest BCUT2D eigenvalue weighted by atomic mass is 10.0. The van der Waals surface area contributed by atoms with E-state index >= 15 is 0 Å². The maximum atomic E-state index is 5.50. The van der Waals surface area contributed by atoms with Crippen molar-refractivity contribution in [1.82, 2.24) is 10.2 Å². The maximum Gasteiger partial charge on any atom is 0.230 e. The average molecular weight is 193 g/mol. The van der Waals surface area contributed by atoms with Crippen LogP contribution in [0.15, 0.2) is 4.42 Å². The Morgan fingerprint density at radius 3 is 2.50 bits per heavy atom. The van der Waals surface area contributed by atoms with Gasteiger partial charge in [-0.25, -0.2) is 0 Å². The van der Waals surface area contributed by atoms with Crippen molar-refractivity contribution in [2.75, 3.05) is 0 Å². The molecule has 2 saturated carbocycles. The van der Waals surface area contributed by atoms with Crippen LogP contribution in [0.1, 0.15) is 43.4 Å². The van der Waals surface area contributed by atoms with Gasteiger partial charge >= 0.3 is 0 Å². The van der Waals surface area contributed by atoms with Gasteiger partial charge in [-0.05, 0) is 24.7 Å². The van der Waals surface area contributed by atoms with E-state index in [1.54, 1.807) is 0 Å². The van der Waals surface area contributed by atoms with Crippen LogP contribution in [0, 0.1) is 11.8 Å². The molecule has 0 saturated heterocycles. The summed E-state index contributed by atoms with van der Waals surface area (Å²) in [5, 5.41) is 7.99. The zero-order chi connectivity index (χ0) is 9.54. The number of fused-ring (bicyclic) bond motifs is 1. The second kappa shape index (κ2) is 3.05. The van der Waals surface area contributed by atoms with Crippen molar-refractivity contribution in [3.63, 3.8) is 0 Å². The predicted molar refractivity (Wildman–Crippen MR) is 50.4 cm³/mol. The molecule has 2 fully saturated rings. The van der Waals surface area contributed by atoms with Crippen molar-refractivity contribution in [3.8, 4) is 0 Å². The molecule has 2 aliphatic carbocycles. The first kappa shape index (κ1) is 8.41. The number of hydrogen-bond donors (Lipinski definition) is 1. The summed E-state index contributed by atoms with van der Waals surface area (Å²) in [4.78, 5) is 0. The van der Waals surface area contributed by atoms with Crippen molar-refractivity contribution in [3.05, 3.63) is 11.8 Å². The van der Waals surface area contributed by atoms with Gasteiger partial charge in [0.05, 0.1) is 6.54 Å². The van der Waals surface area contributed by atoms with E-state index in [4.69, 9.17) is 10.2 Å². The van der Waals surface area contributed by atoms with Crippen LogP contribution in [0.25, 0.3) is 0 Å². The molecule has 1 heterocycles. The molecule has 0 spiro atoms. The van der Waals surface area contributed by atoms with Crippen LogP contribution in [0.3, 0.4) is 0 Å². The molecule has 2 N–H and O–H groups in total. The minimum atomic E-state index is 0.356. The van der Waals surface area contributed by atoms with Gasteiger partial charge < -0.3 is 10.2 Å². The smallest absolute Gasteiger partial charge is 0.230 e. The van der Waals surface area contributed by atoms with Crippen molar-refractivity contribution in [1.29, 1.82) is 0 Å². The topological polar surface area (TPSA) is 64.9 Å². The Morgan fingerprint density at radius 2 is 1.93 bits per heavy atom. The second-order valence-electron chi connectivity index (χ2n) is 4.38. The highest BCUT2D eigenvalue weighted by Gasteiger charge is 2.54. The van der Waals surface area contributed by atoms with Gasteiger partial charge in [0.2, 0.25) is 11.8 Å². The minimum Gasteiger partial charge on any atom is -0.424 e. The molecule has 2 atom stereocenters. The summed E-state index contributed by atoms with van der Waals surface area (Å²) < 4.78 is 5.50. The highest BCUT2D eigenvalue weighted by atomic mass is 16.4. The molecule has 4 nitrogen and oxygen atoms in total. The number of rotatable bonds is 2. The molecule has 0 aliphatic heterocycles. The van der Waals surface area contributed by atoms with Crippen LogP contribution in [-0.4, -0.2) is 10.2 Å². The van der Waals surface area contributed by atoms with Crippen LogP contribution in [0.4, 0.5) is 0 Å². The van der Waals surface area contributed by atoms with E-state index in [-0.39, 0.29) is 0 Å².